The fraction of sp³-hybridized carbons (Fsp3) is 0.375. The highest BCUT2D eigenvalue weighted by atomic mass is 32.2. The fourth-order valence-corrected chi connectivity index (χ4v) is 5.60. The summed E-state index contributed by atoms with van der Waals surface area (Å²) in [7, 11) is -3.30. The molecule has 4 rings (SSSR count). The highest BCUT2D eigenvalue weighted by molar-refractivity contribution is 7.90. The van der Waals surface area contributed by atoms with Gasteiger partial charge in [-0.05, 0) is 81.2 Å². The molecular weight excluding hydrogens is 472 g/mol. The molecule has 0 aliphatic carbocycles. The maximum absolute atomic E-state index is 12.8. The third-order valence-electron chi connectivity index (χ3n) is 6.13. The molecule has 34 heavy (non-hydrogen) atoms. The van der Waals surface area contributed by atoms with E-state index in [-0.39, 0.29) is 22.6 Å². The van der Waals surface area contributed by atoms with Gasteiger partial charge in [-0.15, -0.1) is 0 Å². The number of aryl methyl sites for hydroxylation is 2. The number of sulfone groups is 1. The Labute approximate surface area is 203 Å². The molecule has 3 aromatic rings. The summed E-state index contributed by atoms with van der Waals surface area (Å²) in [5.41, 5.74) is 3.76. The Balaban J connectivity index is 1.28. The Hall–Kier alpha value is -2.82. The van der Waals surface area contributed by atoms with Crippen LogP contribution < -0.4 is 10.6 Å². The monoisotopic (exact) mass is 500 g/mol. The molecule has 2 heterocycles. The zero-order chi connectivity index (χ0) is 24.5. The summed E-state index contributed by atoms with van der Waals surface area (Å²) in [5, 5.41) is 6.28. The van der Waals surface area contributed by atoms with E-state index in [2.05, 4.69) is 20.5 Å². The van der Waals surface area contributed by atoms with Crippen molar-refractivity contribution in [1.29, 1.82) is 0 Å². The first kappa shape index (κ1) is 24.3. The van der Waals surface area contributed by atoms with Gasteiger partial charge in [-0.3, -0.25) is 14.5 Å². The molecular formula is C24H28N4O4S2. The van der Waals surface area contributed by atoms with Gasteiger partial charge in [-0.1, -0.05) is 17.4 Å². The number of likely N-dealkylation sites (tertiary alicyclic amines) is 1. The summed E-state index contributed by atoms with van der Waals surface area (Å²) in [6.45, 7) is 5.67. The van der Waals surface area contributed by atoms with Crippen LogP contribution in [0, 0.1) is 19.8 Å². The fourth-order valence-electron chi connectivity index (χ4n) is 3.97. The number of hydrogen-bond acceptors (Lipinski definition) is 7. The van der Waals surface area contributed by atoms with E-state index in [0.717, 1.165) is 17.5 Å². The lowest BCUT2D eigenvalue weighted by Gasteiger charge is -2.30. The molecule has 0 unspecified atom stereocenters. The van der Waals surface area contributed by atoms with Crippen molar-refractivity contribution in [2.24, 2.45) is 5.92 Å². The second-order valence-electron chi connectivity index (χ2n) is 8.81. The predicted octanol–water partition coefficient (Wildman–Crippen LogP) is 3.61. The van der Waals surface area contributed by atoms with E-state index in [0.29, 0.717) is 47.8 Å². The summed E-state index contributed by atoms with van der Waals surface area (Å²) >= 11 is 1.26. The van der Waals surface area contributed by atoms with Crippen LogP contribution in [0.2, 0.25) is 0 Å². The Morgan fingerprint density at radius 3 is 2.47 bits per heavy atom. The molecule has 1 saturated heterocycles. The van der Waals surface area contributed by atoms with Crippen LogP contribution in [-0.2, 0) is 19.4 Å². The maximum atomic E-state index is 12.8. The molecule has 0 saturated carbocycles. The van der Waals surface area contributed by atoms with Crippen molar-refractivity contribution in [1.82, 2.24) is 9.88 Å². The van der Waals surface area contributed by atoms with Crippen molar-refractivity contribution in [3.8, 4) is 0 Å². The van der Waals surface area contributed by atoms with Gasteiger partial charge in [-0.2, -0.15) is 0 Å². The van der Waals surface area contributed by atoms with Gasteiger partial charge in [0.15, 0.2) is 15.0 Å². The first-order valence-corrected chi connectivity index (χ1v) is 13.8. The minimum absolute atomic E-state index is 0.0610. The van der Waals surface area contributed by atoms with Crippen LogP contribution in [0.25, 0.3) is 10.2 Å². The molecule has 1 aliphatic rings. The lowest BCUT2D eigenvalue weighted by Crippen LogP contribution is -2.41. The molecule has 180 valence electrons. The van der Waals surface area contributed by atoms with Gasteiger partial charge >= 0.3 is 0 Å². The second-order valence-corrected chi connectivity index (χ2v) is 11.9. The second kappa shape index (κ2) is 9.81. The van der Waals surface area contributed by atoms with Crippen molar-refractivity contribution in [3.63, 3.8) is 0 Å². The van der Waals surface area contributed by atoms with Crippen LogP contribution in [0.15, 0.2) is 41.3 Å². The number of carbonyl (C=O) groups excluding carboxylic acids is 2. The molecule has 1 aliphatic heterocycles. The van der Waals surface area contributed by atoms with E-state index in [9.17, 15) is 18.0 Å². The molecule has 0 bridgehead atoms. The molecule has 0 radical (unpaired) electrons. The first-order valence-electron chi connectivity index (χ1n) is 11.1. The van der Waals surface area contributed by atoms with Gasteiger partial charge in [-0.25, -0.2) is 13.4 Å². The number of nitrogens with one attached hydrogen (secondary N) is 2. The number of anilines is 2. The van der Waals surface area contributed by atoms with Crippen LogP contribution in [0.3, 0.4) is 0 Å². The minimum Gasteiger partial charge on any atom is -0.325 e. The quantitative estimate of drug-likeness (QED) is 0.535. The van der Waals surface area contributed by atoms with Crippen molar-refractivity contribution >= 4 is 54.0 Å². The van der Waals surface area contributed by atoms with Crippen molar-refractivity contribution in [3.05, 3.63) is 47.5 Å². The van der Waals surface area contributed by atoms with Gasteiger partial charge < -0.3 is 10.6 Å². The molecule has 0 atom stereocenters. The Morgan fingerprint density at radius 2 is 1.79 bits per heavy atom. The van der Waals surface area contributed by atoms with Gasteiger partial charge in [0.1, 0.15) is 0 Å². The van der Waals surface area contributed by atoms with Crippen LogP contribution in [-0.4, -0.2) is 56.0 Å². The molecule has 0 spiro atoms. The van der Waals surface area contributed by atoms with Crippen molar-refractivity contribution in [2.75, 3.05) is 36.5 Å². The molecule has 2 aromatic carbocycles. The van der Waals surface area contributed by atoms with E-state index < -0.39 is 9.84 Å². The topological polar surface area (TPSA) is 108 Å². The Kier molecular flexibility index (Phi) is 7.01. The zero-order valence-electron chi connectivity index (χ0n) is 19.4. The lowest BCUT2D eigenvalue weighted by atomic mass is 9.96. The number of nitrogens with zero attached hydrogens (tertiary/aromatic N) is 2. The average molecular weight is 501 g/mol. The summed E-state index contributed by atoms with van der Waals surface area (Å²) in [6, 6.07) is 10.6. The van der Waals surface area contributed by atoms with E-state index in [1.165, 1.54) is 23.0 Å². The number of aromatic nitrogens is 1. The van der Waals surface area contributed by atoms with Gasteiger partial charge in [0.05, 0.1) is 21.7 Å². The molecule has 10 heteroatoms. The van der Waals surface area contributed by atoms with E-state index >= 15 is 0 Å². The van der Waals surface area contributed by atoms with Crippen LogP contribution in [0.4, 0.5) is 10.8 Å². The van der Waals surface area contributed by atoms with Crippen LogP contribution in [0.1, 0.15) is 24.0 Å². The summed E-state index contributed by atoms with van der Waals surface area (Å²) < 4.78 is 24.2. The first-order chi connectivity index (χ1) is 16.1. The highest BCUT2D eigenvalue weighted by Gasteiger charge is 2.26. The number of fused-ring (bicyclic) bond motifs is 1. The van der Waals surface area contributed by atoms with Crippen molar-refractivity contribution < 1.29 is 18.0 Å². The van der Waals surface area contributed by atoms with Crippen LogP contribution >= 0.6 is 11.3 Å². The minimum atomic E-state index is -3.30. The summed E-state index contributed by atoms with van der Waals surface area (Å²) in [4.78, 5) is 31.9. The number of thiazole rings is 1. The number of amides is 2. The van der Waals surface area contributed by atoms with Gasteiger partial charge in [0, 0.05) is 17.9 Å². The maximum Gasteiger partial charge on any atom is 0.238 e. The third-order valence-corrected chi connectivity index (χ3v) is 8.18. The van der Waals surface area contributed by atoms with Crippen LogP contribution in [0.5, 0.6) is 0 Å². The van der Waals surface area contributed by atoms with Crippen molar-refractivity contribution in [2.45, 2.75) is 31.6 Å². The largest absolute Gasteiger partial charge is 0.325 e. The molecule has 2 N–H and O–H groups in total. The van der Waals surface area contributed by atoms with Gasteiger partial charge in [0.2, 0.25) is 11.8 Å². The average Bonchev–Trinajstić information content (AvgIpc) is 3.17. The number of hydrogen-bond donors (Lipinski definition) is 2. The SMILES string of the molecule is Cc1ccc(NC(=O)CN2CCC(C(=O)Nc3nc4ccc(S(C)(=O)=O)cc4s3)CC2)cc1C. The lowest BCUT2D eigenvalue weighted by molar-refractivity contribution is -0.121. The summed E-state index contributed by atoms with van der Waals surface area (Å²) in [5.74, 6) is -0.312. The highest BCUT2D eigenvalue weighted by Crippen LogP contribution is 2.29. The van der Waals surface area contributed by atoms with Gasteiger partial charge in [0.25, 0.3) is 0 Å². The number of benzene rings is 2. The molecule has 1 fully saturated rings. The predicted molar refractivity (Wildman–Crippen MR) is 135 cm³/mol. The standard InChI is InChI=1S/C24H28N4O4S2/c1-15-4-5-18(12-16(15)2)25-22(29)14-28-10-8-17(9-11-28)23(30)27-24-26-20-7-6-19(34(3,31)32)13-21(20)33-24/h4-7,12-13,17H,8-11,14H2,1-3H3,(H,25,29)(H,26,27,30). The Bertz CT molecular complexity index is 1340. The van der Waals surface area contributed by atoms with E-state index in [4.69, 9.17) is 0 Å². The molecule has 1 aromatic heterocycles. The number of rotatable bonds is 6. The Morgan fingerprint density at radius 1 is 1.06 bits per heavy atom. The zero-order valence-corrected chi connectivity index (χ0v) is 21.1. The molecule has 8 nitrogen and oxygen atoms in total. The van der Waals surface area contributed by atoms with E-state index in [1.807, 2.05) is 32.0 Å². The number of piperidine rings is 1. The number of carbonyl (C=O) groups is 2. The summed E-state index contributed by atoms with van der Waals surface area (Å²) in [6.07, 6.45) is 2.48. The smallest absolute Gasteiger partial charge is 0.238 e. The normalized spacial score (nSPS) is 15.4. The third kappa shape index (κ3) is 5.81. The van der Waals surface area contributed by atoms with E-state index in [1.54, 1.807) is 12.1 Å². The molecule has 2 amide bonds.